The Morgan fingerprint density at radius 2 is 1.89 bits per heavy atom. The molecule has 9 heteroatoms. The van der Waals surface area contributed by atoms with E-state index < -0.39 is 0 Å². The van der Waals surface area contributed by atoms with Gasteiger partial charge in [0.05, 0.1) is 23.0 Å². The lowest BCUT2D eigenvalue weighted by Gasteiger charge is -2.11. The van der Waals surface area contributed by atoms with Crippen LogP contribution in [0.25, 0.3) is 33.4 Å². The quantitative estimate of drug-likeness (QED) is 0.192. The molecule has 35 heavy (non-hydrogen) atoms. The van der Waals surface area contributed by atoms with Crippen molar-refractivity contribution in [3.63, 3.8) is 0 Å². The van der Waals surface area contributed by atoms with Gasteiger partial charge >= 0.3 is 0 Å². The molecule has 0 saturated carbocycles. The molecule has 0 atom stereocenters. The van der Waals surface area contributed by atoms with Crippen LogP contribution in [0, 0.1) is 5.21 Å². The summed E-state index contributed by atoms with van der Waals surface area (Å²) in [5.41, 5.74) is 4.61. The Labute approximate surface area is 212 Å². The van der Waals surface area contributed by atoms with Crippen molar-refractivity contribution in [3.8, 4) is 28.3 Å². The highest BCUT2D eigenvalue weighted by Crippen LogP contribution is 2.38. The van der Waals surface area contributed by atoms with E-state index in [9.17, 15) is 5.21 Å². The van der Waals surface area contributed by atoms with E-state index in [0.29, 0.717) is 33.1 Å². The van der Waals surface area contributed by atoms with Gasteiger partial charge in [0.1, 0.15) is 33.9 Å². The fourth-order valence-electron chi connectivity index (χ4n) is 4.06. The van der Waals surface area contributed by atoms with Gasteiger partial charge in [0.15, 0.2) is 12.4 Å². The van der Waals surface area contributed by atoms with Gasteiger partial charge in [0.25, 0.3) is 0 Å². The normalized spacial score (nSPS) is 11.5. The van der Waals surface area contributed by atoms with Crippen molar-refractivity contribution < 1.29 is 14.0 Å². The van der Waals surface area contributed by atoms with Crippen molar-refractivity contribution in [2.24, 2.45) is 7.05 Å². The van der Waals surface area contributed by atoms with E-state index >= 15 is 0 Å². The third-order valence-corrected chi connectivity index (χ3v) is 6.42. The van der Waals surface area contributed by atoms with E-state index in [2.05, 4.69) is 39.0 Å². The van der Waals surface area contributed by atoms with Crippen molar-refractivity contribution in [2.45, 2.75) is 26.4 Å². The summed E-state index contributed by atoms with van der Waals surface area (Å²) in [5.74, 6) is 1.30. The largest absolute Gasteiger partial charge is 0.619 e. The zero-order valence-electron chi connectivity index (χ0n) is 19.3. The Bertz CT molecular complexity index is 1500. The fraction of sp³-hybridized carbons (Fsp3) is 0.192. The maximum Gasteiger partial charge on any atom is 0.199 e. The van der Waals surface area contributed by atoms with Crippen molar-refractivity contribution in [1.29, 1.82) is 0 Å². The van der Waals surface area contributed by atoms with E-state index in [0.717, 1.165) is 16.8 Å². The highest BCUT2D eigenvalue weighted by molar-refractivity contribution is 6.38. The molecule has 1 aromatic carbocycles. The molecule has 0 amide bonds. The average molecular weight is 509 g/mol. The Kier molecular flexibility index (Phi) is 6.13. The molecule has 0 aliphatic heterocycles. The predicted octanol–water partition coefficient (Wildman–Crippen LogP) is 6.54. The Balaban J connectivity index is 1.41. The minimum atomic E-state index is 0.0495. The van der Waals surface area contributed by atoms with Gasteiger partial charge < -0.3 is 19.0 Å². The topological polar surface area (TPSA) is 80.0 Å². The maximum absolute atomic E-state index is 11.7. The lowest BCUT2D eigenvalue weighted by atomic mass is 10.0. The highest BCUT2D eigenvalue weighted by Gasteiger charge is 2.25. The SMILES string of the molecule is CC(C)c1onc(-c2c(Cl)c[n+]([O-])cc2Cl)c1COc1ccc(-c2ccc3ccn(C)c3c2)nc1. The zero-order valence-corrected chi connectivity index (χ0v) is 20.8. The zero-order chi connectivity index (χ0) is 24.7. The van der Waals surface area contributed by atoms with Gasteiger partial charge in [-0.15, -0.1) is 0 Å². The summed E-state index contributed by atoms with van der Waals surface area (Å²) in [5, 5.41) is 17.4. The molecule has 5 aromatic rings. The molecule has 0 bridgehead atoms. The number of benzene rings is 1. The van der Waals surface area contributed by atoms with E-state index in [-0.39, 0.29) is 22.6 Å². The van der Waals surface area contributed by atoms with Crippen molar-refractivity contribution in [1.82, 2.24) is 14.7 Å². The molecule has 5 rings (SSSR count). The van der Waals surface area contributed by atoms with Crippen molar-refractivity contribution in [2.75, 3.05) is 0 Å². The number of pyridine rings is 2. The van der Waals surface area contributed by atoms with E-state index in [1.807, 2.05) is 39.2 Å². The van der Waals surface area contributed by atoms with Crippen LogP contribution in [-0.2, 0) is 13.7 Å². The van der Waals surface area contributed by atoms with Gasteiger partial charge in [-0.3, -0.25) is 4.98 Å². The standard InChI is InChI=1S/C26H22Cl2N4O3/c1-15(2)26-19(25(30-35-26)24-20(27)12-32(33)13-21(24)28)14-34-18-6-7-22(29-11-18)17-5-4-16-8-9-31(3)23(16)10-17/h4-13,15H,14H2,1-3H3. The second-order valence-electron chi connectivity index (χ2n) is 8.59. The number of aromatic nitrogens is 4. The number of nitrogens with zero attached hydrogens (tertiary/aromatic N) is 4. The van der Waals surface area contributed by atoms with Gasteiger partial charge in [-0.1, -0.05) is 54.3 Å². The van der Waals surface area contributed by atoms with Crippen molar-refractivity contribution >= 4 is 34.1 Å². The first-order chi connectivity index (χ1) is 16.8. The molecule has 7 nitrogen and oxygen atoms in total. The maximum atomic E-state index is 11.7. The summed E-state index contributed by atoms with van der Waals surface area (Å²) in [6, 6.07) is 12.2. The van der Waals surface area contributed by atoms with Gasteiger partial charge in [-0.25, -0.2) is 0 Å². The summed E-state index contributed by atoms with van der Waals surface area (Å²) < 4.78 is 14.3. The Hall–Kier alpha value is -3.55. The lowest BCUT2D eigenvalue weighted by Crippen LogP contribution is -2.24. The molecule has 0 radical (unpaired) electrons. The first-order valence-electron chi connectivity index (χ1n) is 11.0. The van der Waals surface area contributed by atoms with Crippen LogP contribution in [-0.4, -0.2) is 14.7 Å². The van der Waals surface area contributed by atoms with Crippen LogP contribution in [0.15, 0.2) is 65.7 Å². The fourth-order valence-corrected chi connectivity index (χ4v) is 4.68. The average Bonchev–Trinajstić information content (AvgIpc) is 3.41. The number of halogens is 2. The monoisotopic (exact) mass is 508 g/mol. The van der Waals surface area contributed by atoms with Crippen molar-refractivity contribution in [3.05, 3.63) is 87.8 Å². The van der Waals surface area contributed by atoms with E-state index in [4.69, 9.17) is 32.5 Å². The molecule has 0 unspecified atom stereocenters. The summed E-state index contributed by atoms with van der Waals surface area (Å²) >= 11 is 12.6. The number of aryl methyl sites for hydroxylation is 1. The second-order valence-corrected chi connectivity index (χ2v) is 9.40. The molecule has 0 spiro atoms. The summed E-state index contributed by atoms with van der Waals surface area (Å²) in [4.78, 5) is 4.59. The molecule has 0 fully saturated rings. The van der Waals surface area contributed by atoms with Crippen LogP contribution in [0.3, 0.4) is 0 Å². The van der Waals surface area contributed by atoms with Gasteiger partial charge in [0, 0.05) is 30.2 Å². The third kappa shape index (κ3) is 4.45. The van der Waals surface area contributed by atoms with Crippen LogP contribution < -0.4 is 9.47 Å². The Morgan fingerprint density at radius 3 is 2.57 bits per heavy atom. The molecule has 0 aliphatic rings. The summed E-state index contributed by atoms with van der Waals surface area (Å²) in [6.45, 7) is 4.16. The number of hydrogen-bond donors (Lipinski definition) is 0. The molecule has 0 N–H and O–H groups in total. The molecule has 0 aliphatic carbocycles. The van der Waals surface area contributed by atoms with Crippen LogP contribution >= 0.6 is 23.2 Å². The van der Waals surface area contributed by atoms with E-state index in [1.165, 1.54) is 17.8 Å². The van der Waals surface area contributed by atoms with Gasteiger partial charge in [-0.05, 0) is 29.7 Å². The smallest absolute Gasteiger partial charge is 0.199 e. The molecule has 0 saturated heterocycles. The first-order valence-corrected chi connectivity index (χ1v) is 11.8. The number of rotatable bonds is 6. The van der Waals surface area contributed by atoms with Crippen LogP contribution in [0.5, 0.6) is 5.75 Å². The van der Waals surface area contributed by atoms with Gasteiger partial charge in [-0.2, -0.15) is 4.73 Å². The molecule has 4 aromatic heterocycles. The summed E-state index contributed by atoms with van der Waals surface area (Å²) in [7, 11) is 2.02. The molecular weight excluding hydrogens is 487 g/mol. The van der Waals surface area contributed by atoms with Crippen LogP contribution in [0.1, 0.15) is 31.1 Å². The lowest BCUT2D eigenvalue weighted by molar-refractivity contribution is -0.605. The number of hydrogen-bond acceptors (Lipinski definition) is 5. The second kappa shape index (κ2) is 9.24. The first kappa shape index (κ1) is 23.2. The van der Waals surface area contributed by atoms with Crippen LogP contribution in [0.2, 0.25) is 10.0 Å². The van der Waals surface area contributed by atoms with Gasteiger partial charge in [0.2, 0.25) is 0 Å². The van der Waals surface area contributed by atoms with Crippen LogP contribution in [0.4, 0.5) is 0 Å². The Morgan fingerprint density at radius 1 is 1.11 bits per heavy atom. The molecule has 178 valence electrons. The molecule has 4 heterocycles. The highest BCUT2D eigenvalue weighted by atomic mass is 35.5. The minimum absolute atomic E-state index is 0.0495. The minimum Gasteiger partial charge on any atom is -0.619 e. The summed E-state index contributed by atoms with van der Waals surface area (Å²) in [6.07, 6.45) is 6.19. The third-order valence-electron chi connectivity index (χ3n) is 5.84. The number of ether oxygens (including phenoxy) is 1. The number of fused-ring (bicyclic) bond motifs is 1. The molecular formula is C26H22Cl2N4O3. The van der Waals surface area contributed by atoms with E-state index in [1.54, 1.807) is 6.20 Å². The predicted molar refractivity (Wildman–Crippen MR) is 135 cm³/mol.